The van der Waals surface area contributed by atoms with Crippen LogP contribution in [-0.2, 0) is 26.2 Å². The molecule has 0 saturated carbocycles. The normalized spacial score (nSPS) is 14.0. The fourth-order valence-corrected chi connectivity index (χ4v) is 5.32. The highest BCUT2D eigenvalue weighted by molar-refractivity contribution is 7.92. The van der Waals surface area contributed by atoms with E-state index in [9.17, 15) is 18.0 Å². The van der Waals surface area contributed by atoms with Crippen molar-refractivity contribution >= 4 is 50.7 Å². The molecule has 2 aromatic rings. The molecule has 208 valence electrons. The number of halogens is 2. The van der Waals surface area contributed by atoms with Crippen molar-refractivity contribution in [3.63, 3.8) is 0 Å². The zero-order valence-electron chi connectivity index (χ0n) is 22.1. The van der Waals surface area contributed by atoms with Gasteiger partial charge in [-0.2, -0.15) is 0 Å². The number of ether oxygens (including phenoxy) is 2. The first-order chi connectivity index (χ1) is 17.7. The van der Waals surface area contributed by atoms with E-state index in [2.05, 4.69) is 5.32 Å². The minimum atomic E-state index is -3.88. The van der Waals surface area contributed by atoms with Crippen LogP contribution in [0.25, 0.3) is 0 Å². The molecule has 0 saturated heterocycles. The molecule has 2 amide bonds. The molecule has 9 nitrogen and oxygen atoms in total. The van der Waals surface area contributed by atoms with Crippen molar-refractivity contribution in [1.82, 2.24) is 10.2 Å². The number of nitrogens with zero attached hydrogens (tertiary/aromatic N) is 2. The van der Waals surface area contributed by atoms with E-state index in [1.165, 1.54) is 17.9 Å². The van der Waals surface area contributed by atoms with Gasteiger partial charge in [0.15, 0.2) is 11.5 Å². The molecule has 1 aliphatic heterocycles. The fraction of sp³-hybridized carbons (Fsp3) is 0.462. The lowest BCUT2D eigenvalue weighted by atomic mass is 10.1. The average molecular weight is 587 g/mol. The first-order valence-electron chi connectivity index (χ1n) is 12.2. The maximum absolute atomic E-state index is 13.8. The predicted octanol–water partition coefficient (Wildman–Crippen LogP) is 4.25. The van der Waals surface area contributed by atoms with E-state index in [1.807, 2.05) is 20.8 Å². The molecule has 12 heteroatoms. The molecule has 1 N–H and O–H groups in total. The summed E-state index contributed by atoms with van der Waals surface area (Å²) < 4.78 is 38.4. The Morgan fingerprint density at radius 3 is 2.32 bits per heavy atom. The van der Waals surface area contributed by atoms with Crippen molar-refractivity contribution in [2.24, 2.45) is 0 Å². The quantitative estimate of drug-likeness (QED) is 0.471. The van der Waals surface area contributed by atoms with Gasteiger partial charge in [0.2, 0.25) is 21.8 Å². The van der Waals surface area contributed by atoms with E-state index in [4.69, 9.17) is 32.7 Å². The maximum Gasteiger partial charge on any atom is 0.244 e. The van der Waals surface area contributed by atoms with Crippen LogP contribution in [0.5, 0.6) is 11.5 Å². The lowest BCUT2D eigenvalue weighted by molar-refractivity contribution is -0.140. The lowest BCUT2D eigenvalue weighted by Crippen LogP contribution is -2.54. The van der Waals surface area contributed by atoms with Gasteiger partial charge < -0.3 is 19.7 Å². The van der Waals surface area contributed by atoms with Gasteiger partial charge in [-0.3, -0.25) is 13.9 Å². The summed E-state index contributed by atoms with van der Waals surface area (Å²) in [6.45, 7) is 8.72. The highest BCUT2D eigenvalue weighted by atomic mass is 35.5. The molecule has 1 aliphatic rings. The predicted molar refractivity (Wildman–Crippen MR) is 149 cm³/mol. The molecule has 0 radical (unpaired) electrons. The molecular weight excluding hydrogens is 553 g/mol. The smallest absolute Gasteiger partial charge is 0.244 e. The van der Waals surface area contributed by atoms with Gasteiger partial charge in [0.05, 0.1) is 11.4 Å². The van der Waals surface area contributed by atoms with Gasteiger partial charge in [-0.1, -0.05) is 29.3 Å². The van der Waals surface area contributed by atoms with Crippen LogP contribution in [0.1, 0.15) is 40.2 Å². The summed E-state index contributed by atoms with van der Waals surface area (Å²) in [4.78, 5) is 28.2. The Balaban J connectivity index is 1.98. The lowest BCUT2D eigenvalue weighted by Gasteiger charge is -2.33. The van der Waals surface area contributed by atoms with Crippen LogP contribution in [-0.4, -0.2) is 62.2 Å². The molecule has 0 aromatic heterocycles. The summed E-state index contributed by atoms with van der Waals surface area (Å²) in [7, 11) is -3.88. The number of hydrogen-bond acceptors (Lipinski definition) is 6. The summed E-state index contributed by atoms with van der Waals surface area (Å²) >= 11 is 12.4. The standard InChI is InChI=1S/C26H33Cl2N3O6S/c1-6-38(34,35)31(20-9-10-22-23(14-20)37-12-11-36-22)16-24(32)30(17(2)25(33)29-26(3,4)5)15-18-7-8-19(27)13-21(18)28/h7-10,13-14,17H,6,11-12,15-16H2,1-5H3,(H,29,33). The molecule has 38 heavy (non-hydrogen) atoms. The maximum atomic E-state index is 13.8. The van der Waals surface area contributed by atoms with Crippen molar-refractivity contribution in [3.8, 4) is 11.5 Å². The molecule has 0 aliphatic carbocycles. The third-order valence-electron chi connectivity index (χ3n) is 5.81. The first-order valence-corrected chi connectivity index (χ1v) is 14.5. The number of hydrogen-bond donors (Lipinski definition) is 1. The number of benzene rings is 2. The highest BCUT2D eigenvalue weighted by Gasteiger charge is 2.33. The number of anilines is 1. The fourth-order valence-electron chi connectivity index (χ4n) is 3.80. The van der Waals surface area contributed by atoms with E-state index in [-0.39, 0.29) is 23.9 Å². The summed E-state index contributed by atoms with van der Waals surface area (Å²) in [5.41, 5.74) is 0.269. The van der Waals surface area contributed by atoms with Crippen LogP contribution in [0.15, 0.2) is 36.4 Å². The second-order valence-electron chi connectivity index (χ2n) is 9.91. The molecule has 1 heterocycles. The Hall–Kier alpha value is -2.69. The Morgan fingerprint density at radius 1 is 1.05 bits per heavy atom. The minimum absolute atomic E-state index is 0.0330. The second-order valence-corrected chi connectivity index (χ2v) is 12.9. The van der Waals surface area contributed by atoms with Crippen LogP contribution in [0.2, 0.25) is 10.0 Å². The number of rotatable bonds is 9. The van der Waals surface area contributed by atoms with E-state index in [0.29, 0.717) is 40.3 Å². The Bertz CT molecular complexity index is 1300. The number of nitrogens with one attached hydrogen (secondary N) is 1. The molecule has 3 rings (SSSR count). The topological polar surface area (TPSA) is 105 Å². The van der Waals surface area contributed by atoms with Crippen LogP contribution >= 0.6 is 23.2 Å². The van der Waals surface area contributed by atoms with E-state index < -0.39 is 34.1 Å². The zero-order valence-corrected chi connectivity index (χ0v) is 24.4. The van der Waals surface area contributed by atoms with Crippen LogP contribution in [0.4, 0.5) is 5.69 Å². The SMILES string of the molecule is CCS(=O)(=O)N(CC(=O)N(Cc1ccc(Cl)cc1Cl)C(C)C(=O)NC(C)(C)C)c1ccc2c(c1)OCCO2. The van der Waals surface area contributed by atoms with Gasteiger partial charge in [-0.15, -0.1) is 0 Å². The van der Waals surface area contributed by atoms with Crippen LogP contribution in [0.3, 0.4) is 0 Å². The molecular formula is C26H33Cl2N3O6S. The van der Waals surface area contributed by atoms with Gasteiger partial charge in [0, 0.05) is 28.2 Å². The number of amides is 2. The van der Waals surface area contributed by atoms with Gasteiger partial charge >= 0.3 is 0 Å². The van der Waals surface area contributed by atoms with Crippen molar-refractivity contribution in [2.75, 3.05) is 29.8 Å². The molecule has 0 bridgehead atoms. The van der Waals surface area contributed by atoms with E-state index >= 15 is 0 Å². The van der Waals surface area contributed by atoms with Crippen LogP contribution < -0.4 is 19.1 Å². The van der Waals surface area contributed by atoms with E-state index in [1.54, 1.807) is 37.3 Å². The zero-order chi connectivity index (χ0) is 28.3. The number of sulfonamides is 1. The van der Waals surface area contributed by atoms with Crippen molar-refractivity contribution in [3.05, 3.63) is 52.0 Å². The highest BCUT2D eigenvalue weighted by Crippen LogP contribution is 2.35. The third-order valence-corrected chi connectivity index (χ3v) is 8.14. The van der Waals surface area contributed by atoms with Crippen LogP contribution in [0, 0.1) is 0 Å². The Labute approximate surface area is 234 Å². The number of carbonyl (C=O) groups is 2. The molecule has 2 aromatic carbocycles. The van der Waals surface area contributed by atoms with E-state index in [0.717, 1.165) is 4.31 Å². The van der Waals surface area contributed by atoms with Crippen molar-refractivity contribution < 1.29 is 27.5 Å². The average Bonchev–Trinajstić information content (AvgIpc) is 2.85. The summed E-state index contributed by atoms with van der Waals surface area (Å²) in [6, 6.07) is 8.62. The second kappa shape index (κ2) is 12.0. The molecule has 1 atom stereocenters. The minimum Gasteiger partial charge on any atom is -0.486 e. The summed E-state index contributed by atoms with van der Waals surface area (Å²) in [5.74, 6) is -0.329. The van der Waals surface area contributed by atoms with Gasteiger partial charge in [0.25, 0.3) is 0 Å². The summed E-state index contributed by atoms with van der Waals surface area (Å²) in [6.07, 6.45) is 0. The summed E-state index contributed by atoms with van der Waals surface area (Å²) in [5, 5.41) is 3.62. The number of carbonyl (C=O) groups excluding carboxylic acids is 2. The Morgan fingerprint density at radius 2 is 1.71 bits per heavy atom. The largest absolute Gasteiger partial charge is 0.486 e. The van der Waals surface area contributed by atoms with Gasteiger partial charge in [0.1, 0.15) is 25.8 Å². The monoisotopic (exact) mass is 585 g/mol. The number of fused-ring (bicyclic) bond motifs is 1. The molecule has 1 unspecified atom stereocenters. The Kier molecular flexibility index (Phi) is 9.43. The first kappa shape index (κ1) is 29.9. The molecule has 0 fully saturated rings. The van der Waals surface area contributed by atoms with Gasteiger partial charge in [-0.05, 0) is 64.4 Å². The van der Waals surface area contributed by atoms with Gasteiger partial charge in [-0.25, -0.2) is 8.42 Å². The van der Waals surface area contributed by atoms with Crippen molar-refractivity contribution in [1.29, 1.82) is 0 Å². The third kappa shape index (κ3) is 7.45. The van der Waals surface area contributed by atoms with Crippen molar-refractivity contribution in [2.45, 2.75) is 52.7 Å². The molecule has 0 spiro atoms.